The van der Waals surface area contributed by atoms with Crippen molar-refractivity contribution in [1.82, 2.24) is 0 Å². The van der Waals surface area contributed by atoms with Crippen molar-refractivity contribution in [2.75, 3.05) is 0 Å². The Bertz CT molecular complexity index is 1370. The lowest BCUT2D eigenvalue weighted by Gasteiger charge is -2.22. The summed E-state index contributed by atoms with van der Waals surface area (Å²) in [5.74, 6) is -9.75. The Morgan fingerprint density at radius 3 is 1.79 bits per heavy atom. The van der Waals surface area contributed by atoms with E-state index in [0.717, 1.165) is 12.1 Å². The lowest BCUT2D eigenvalue weighted by molar-refractivity contribution is -0.188. The van der Waals surface area contributed by atoms with E-state index in [0.29, 0.717) is 11.6 Å². The fourth-order valence-electron chi connectivity index (χ4n) is 3.09. The molecule has 0 aromatic heterocycles. The number of hydrogen-bond acceptors (Lipinski definition) is 3. The Labute approximate surface area is 218 Å². The molecule has 0 saturated heterocycles. The van der Waals surface area contributed by atoms with Gasteiger partial charge in [-0.15, -0.1) is 0 Å². The Morgan fingerprint density at radius 2 is 1.28 bits per heavy atom. The molecule has 0 aliphatic carbocycles. The number of halogens is 11. The second-order valence-electron chi connectivity index (χ2n) is 7.47. The Kier molecular flexibility index (Phi) is 8.74. The van der Waals surface area contributed by atoms with Crippen LogP contribution in [0.3, 0.4) is 0 Å². The molecule has 0 aliphatic heterocycles. The minimum absolute atomic E-state index is 0.00115. The predicted molar refractivity (Wildman–Crippen MR) is 119 cm³/mol. The van der Waals surface area contributed by atoms with Crippen LogP contribution in [0.4, 0.5) is 43.9 Å². The van der Waals surface area contributed by atoms with E-state index in [-0.39, 0.29) is 18.2 Å². The number of benzene rings is 3. The zero-order valence-corrected chi connectivity index (χ0v) is 19.9. The largest absolute Gasteiger partial charge is 0.431 e. The van der Waals surface area contributed by atoms with Crippen molar-refractivity contribution in [2.45, 2.75) is 19.1 Å². The highest BCUT2D eigenvalue weighted by Crippen LogP contribution is 2.42. The van der Waals surface area contributed by atoms with Crippen molar-refractivity contribution in [1.29, 1.82) is 0 Å². The van der Waals surface area contributed by atoms with Gasteiger partial charge in [0, 0.05) is 18.2 Å². The van der Waals surface area contributed by atoms with Gasteiger partial charge in [-0.2, -0.15) is 30.7 Å². The summed E-state index contributed by atoms with van der Waals surface area (Å²) in [6.45, 7) is 1.71. The monoisotopic (exact) mass is 586 g/mol. The molecule has 0 saturated carbocycles. The molecule has 0 aliphatic rings. The van der Waals surface area contributed by atoms with Crippen LogP contribution in [0, 0.1) is 17.5 Å². The molecular weight excluding hydrogens is 574 g/mol. The molecule has 0 heterocycles. The normalized spacial score (nSPS) is 12.0. The number of alkyl halides is 4. The van der Waals surface area contributed by atoms with Crippen LogP contribution in [0.5, 0.6) is 17.2 Å². The van der Waals surface area contributed by atoms with Crippen molar-refractivity contribution < 1.29 is 58.1 Å². The van der Waals surface area contributed by atoms with E-state index in [1.807, 2.05) is 0 Å². The van der Waals surface area contributed by atoms with Crippen LogP contribution in [-0.2, 0) is 12.2 Å². The third-order valence-corrected chi connectivity index (χ3v) is 5.01. The zero-order chi connectivity index (χ0) is 29.1. The quantitative estimate of drug-likeness (QED) is 0.185. The van der Waals surface area contributed by atoms with Gasteiger partial charge in [0.1, 0.15) is 22.9 Å². The molecule has 208 valence electrons. The molecule has 0 amide bonds. The minimum atomic E-state index is -4.76. The van der Waals surface area contributed by atoms with Crippen LogP contribution in [0.1, 0.15) is 23.6 Å². The summed E-state index contributed by atoms with van der Waals surface area (Å²) < 4.78 is 150. The van der Waals surface area contributed by atoms with Crippen LogP contribution in [0.2, 0.25) is 5.02 Å². The molecule has 3 nitrogen and oxygen atoms in total. The molecule has 0 radical (unpaired) electrons. The summed E-state index contributed by atoms with van der Waals surface area (Å²) in [5.41, 5.74) is -1.77. The van der Waals surface area contributed by atoms with Gasteiger partial charge in [0.2, 0.25) is 5.75 Å². The molecule has 0 bridgehead atoms. The van der Waals surface area contributed by atoms with Crippen molar-refractivity contribution in [3.05, 3.63) is 106 Å². The molecule has 39 heavy (non-hydrogen) atoms. The summed E-state index contributed by atoms with van der Waals surface area (Å²) in [7, 11) is 0. The van der Waals surface area contributed by atoms with E-state index in [4.69, 9.17) is 11.6 Å². The summed E-state index contributed by atoms with van der Waals surface area (Å²) in [5, 5.41) is -1.17. The van der Waals surface area contributed by atoms with Gasteiger partial charge in [-0.1, -0.05) is 35.9 Å². The number of allylic oxidation sites excluding steroid dienone is 1. The topological polar surface area (TPSA) is 27.7 Å². The van der Waals surface area contributed by atoms with Crippen molar-refractivity contribution >= 4 is 17.7 Å². The van der Waals surface area contributed by atoms with Gasteiger partial charge in [0.25, 0.3) is 0 Å². The molecule has 0 spiro atoms. The molecule has 14 heteroatoms. The maximum Gasteiger partial charge on any atom is 0.431 e. The fourth-order valence-corrected chi connectivity index (χ4v) is 3.40. The zero-order valence-electron chi connectivity index (χ0n) is 19.2. The summed E-state index contributed by atoms with van der Waals surface area (Å²) >= 11 is 5.67. The lowest BCUT2D eigenvalue weighted by atomic mass is 10.1. The maximum atomic E-state index is 14.7. The van der Waals surface area contributed by atoms with Gasteiger partial charge >= 0.3 is 24.3 Å². The molecule has 3 aromatic carbocycles. The highest BCUT2D eigenvalue weighted by atomic mass is 35.5. The SMILES string of the molecule is C/C=C/c1ccc(C(F)(F)Oc2cc(F)c(C(F)(F)Oc3cc(F)c(OC(F)=C(F)F)c(F)c3)c(Cl)c2)cc1. The van der Waals surface area contributed by atoms with E-state index in [2.05, 4.69) is 14.2 Å². The second-order valence-corrected chi connectivity index (χ2v) is 7.88. The summed E-state index contributed by atoms with van der Waals surface area (Å²) in [4.78, 5) is 0. The third kappa shape index (κ3) is 6.96. The fraction of sp³-hybridized carbons (Fsp3) is 0.120. The smallest absolute Gasteiger partial charge is 0.429 e. The number of hydrogen-bond donors (Lipinski definition) is 0. The highest BCUT2D eigenvalue weighted by Gasteiger charge is 2.42. The van der Waals surface area contributed by atoms with Crippen LogP contribution < -0.4 is 14.2 Å². The average Bonchev–Trinajstić information content (AvgIpc) is 2.80. The van der Waals surface area contributed by atoms with Gasteiger partial charge in [-0.25, -0.2) is 13.2 Å². The highest BCUT2D eigenvalue weighted by molar-refractivity contribution is 6.31. The Morgan fingerprint density at radius 1 is 0.769 bits per heavy atom. The van der Waals surface area contributed by atoms with E-state index in [1.54, 1.807) is 19.1 Å². The summed E-state index contributed by atoms with van der Waals surface area (Å²) in [6.07, 6.45) is -8.55. The van der Waals surface area contributed by atoms with Gasteiger partial charge in [0.05, 0.1) is 10.6 Å². The number of rotatable bonds is 9. The predicted octanol–water partition coefficient (Wildman–Crippen LogP) is 9.46. The van der Waals surface area contributed by atoms with E-state index in [1.165, 1.54) is 12.1 Å². The molecule has 0 unspecified atom stereocenters. The van der Waals surface area contributed by atoms with Gasteiger partial charge in [0.15, 0.2) is 11.6 Å². The average molecular weight is 587 g/mol. The molecule has 0 fully saturated rings. The molecule has 0 N–H and O–H groups in total. The van der Waals surface area contributed by atoms with E-state index in [9.17, 15) is 43.9 Å². The minimum Gasteiger partial charge on any atom is -0.429 e. The molecule has 3 rings (SSSR count). The van der Waals surface area contributed by atoms with Crippen LogP contribution in [0.25, 0.3) is 6.08 Å². The first-order chi connectivity index (χ1) is 18.1. The first kappa shape index (κ1) is 29.7. The standard InChI is InChI=1S/C25H13ClF10O3/c1-2-3-12-4-6-13(7-5-12)24(33,34)38-14-8-16(26)20(17(27)9-14)25(35,36)39-15-10-18(28)21(19(29)11-15)37-23(32)22(30)31/h2-11H,1H3/b3-2+. The third-order valence-electron chi connectivity index (χ3n) is 4.72. The first-order valence-electron chi connectivity index (χ1n) is 10.4. The first-order valence-corrected chi connectivity index (χ1v) is 10.8. The molecule has 0 atom stereocenters. The van der Waals surface area contributed by atoms with E-state index >= 15 is 0 Å². The molecular formula is C25H13ClF10O3. The van der Waals surface area contributed by atoms with Crippen molar-refractivity contribution in [3.8, 4) is 17.2 Å². The van der Waals surface area contributed by atoms with Crippen LogP contribution in [-0.4, -0.2) is 0 Å². The van der Waals surface area contributed by atoms with Crippen molar-refractivity contribution in [2.24, 2.45) is 0 Å². The summed E-state index contributed by atoms with van der Waals surface area (Å²) in [6, 6.07) is 2.67. The van der Waals surface area contributed by atoms with Crippen LogP contribution in [0.15, 0.2) is 66.7 Å². The van der Waals surface area contributed by atoms with Gasteiger partial charge in [-0.05, 0) is 30.7 Å². The van der Waals surface area contributed by atoms with Crippen molar-refractivity contribution in [3.63, 3.8) is 0 Å². The number of ether oxygens (including phenoxy) is 3. The van der Waals surface area contributed by atoms with Gasteiger partial charge in [-0.3, -0.25) is 0 Å². The molecule has 3 aromatic rings. The Hall–Kier alpha value is -3.87. The van der Waals surface area contributed by atoms with Crippen LogP contribution >= 0.6 is 11.6 Å². The van der Waals surface area contributed by atoms with E-state index < -0.39 is 75.2 Å². The maximum absolute atomic E-state index is 14.7. The second kappa shape index (κ2) is 11.5. The lowest BCUT2D eigenvalue weighted by Crippen LogP contribution is -2.25. The Balaban J connectivity index is 1.86. The van der Waals surface area contributed by atoms with Gasteiger partial charge < -0.3 is 14.2 Å².